The summed E-state index contributed by atoms with van der Waals surface area (Å²) >= 11 is 0. The van der Waals surface area contributed by atoms with Crippen molar-refractivity contribution in [2.75, 3.05) is 26.9 Å². The largest absolute Gasteiger partial charge is 0.497 e. The molecule has 0 bridgehead atoms. The Hall–Kier alpha value is -3.31. The summed E-state index contributed by atoms with van der Waals surface area (Å²) in [7, 11) is 1.67. The number of carbonyl (C=O) groups is 1. The van der Waals surface area contributed by atoms with Gasteiger partial charge in [-0.3, -0.25) is 4.79 Å². The Morgan fingerprint density at radius 2 is 1.81 bits per heavy atom. The minimum Gasteiger partial charge on any atom is -0.497 e. The van der Waals surface area contributed by atoms with Gasteiger partial charge in [-0.05, 0) is 47.4 Å². The van der Waals surface area contributed by atoms with Crippen LogP contribution in [0.3, 0.4) is 0 Å². The van der Waals surface area contributed by atoms with E-state index in [1.165, 1.54) is 5.56 Å². The van der Waals surface area contributed by atoms with Crippen LogP contribution in [-0.2, 0) is 21.4 Å². The third-order valence-electron chi connectivity index (χ3n) is 6.67. The molecule has 1 aromatic heterocycles. The van der Waals surface area contributed by atoms with Gasteiger partial charge < -0.3 is 19.2 Å². The molecule has 2 heterocycles. The molecule has 32 heavy (non-hydrogen) atoms. The molecule has 1 aliphatic heterocycles. The molecular weight excluding hydrogens is 402 g/mol. The minimum absolute atomic E-state index is 0.0000118. The van der Waals surface area contributed by atoms with Gasteiger partial charge in [0, 0.05) is 36.1 Å². The van der Waals surface area contributed by atoms with E-state index in [2.05, 4.69) is 35.6 Å². The second-order valence-corrected chi connectivity index (χ2v) is 8.50. The van der Waals surface area contributed by atoms with E-state index < -0.39 is 0 Å². The summed E-state index contributed by atoms with van der Waals surface area (Å²) in [6.45, 7) is 1.97. The van der Waals surface area contributed by atoms with Gasteiger partial charge in [-0.1, -0.05) is 42.5 Å². The summed E-state index contributed by atoms with van der Waals surface area (Å²) in [4.78, 5) is 13.0. The first-order valence-corrected chi connectivity index (χ1v) is 11.1. The SMILES string of the molecule is COc1ccc(C2(CNC(=O)Cc3coc4ccc5ccccc5c34)CCOCC2)cc1. The Kier molecular flexibility index (Phi) is 5.58. The number of carbonyl (C=O) groups excluding carboxylic acids is 1. The number of nitrogens with one attached hydrogen (secondary N) is 1. The molecule has 0 spiro atoms. The van der Waals surface area contributed by atoms with Gasteiger partial charge in [0.05, 0.1) is 19.8 Å². The topological polar surface area (TPSA) is 60.7 Å². The average molecular weight is 430 g/mol. The lowest BCUT2D eigenvalue weighted by Gasteiger charge is -2.38. The Bertz CT molecular complexity index is 1240. The molecule has 0 atom stereocenters. The van der Waals surface area contributed by atoms with Crippen molar-refractivity contribution in [2.45, 2.75) is 24.7 Å². The lowest BCUT2D eigenvalue weighted by atomic mass is 9.74. The highest BCUT2D eigenvalue weighted by atomic mass is 16.5. The Balaban J connectivity index is 1.36. The first-order chi connectivity index (χ1) is 15.7. The zero-order valence-corrected chi connectivity index (χ0v) is 18.2. The van der Waals surface area contributed by atoms with Gasteiger partial charge in [-0.15, -0.1) is 0 Å². The Labute approximate surface area is 187 Å². The van der Waals surface area contributed by atoms with Crippen molar-refractivity contribution in [1.82, 2.24) is 5.32 Å². The molecule has 1 aliphatic rings. The number of fused-ring (bicyclic) bond motifs is 3. The zero-order chi connectivity index (χ0) is 22.0. The summed E-state index contributed by atoms with van der Waals surface area (Å²) in [6.07, 6.45) is 3.75. The summed E-state index contributed by atoms with van der Waals surface area (Å²) in [5.74, 6) is 0.832. The molecule has 5 rings (SSSR count). The van der Waals surface area contributed by atoms with Crippen molar-refractivity contribution in [3.05, 3.63) is 78.1 Å². The van der Waals surface area contributed by atoms with E-state index in [4.69, 9.17) is 13.9 Å². The molecule has 0 saturated carbocycles. The van der Waals surface area contributed by atoms with Gasteiger partial charge in [0.15, 0.2) is 0 Å². The van der Waals surface area contributed by atoms with E-state index in [0.29, 0.717) is 19.8 Å². The third kappa shape index (κ3) is 3.84. The van der Waals surface area contributed by atoms with Gasteiger partial charge in [0.25, 0.3) is 0 Å². The molecule has 5 heteroatoms. The van der Waals surface area contributed by atoms with E-state index in [9.17, 15) is 4.79 Å². The number of ether oxygens (including phenoxy) is 2. The van der Waals surface area contributed by atoms with Crippen molar-refractivity contribution in [3.8, 4) is 5.75 Å². The molecule has 0 radical (unpaired) electrons. The highest BCUT2D eigenvalue weighted by Crippen LogP contribution is 2.35. The Morgan fingerprint density at radius 3 is 2.59 bits per heavy atom. The fraction of sp³-hybridized carbons (Fsp3) is 0.296. The number of rotatable bonds is 6. The van der Waals surface area contributed by atoms with Crippen LogP contribution in [0.1, 0.15) is 24.0 Å². The van der Waals surface area contributed by atoms with Gasteiger partial charge in [-0.2, -0.15) is 0 Å². The fourth-order valence-electron chi connectivity index (χ4n) is 4.78. The maximum Gasteiger partial charge on any atom is 0.224 e. The third-order valence-corrected chi connectivity index (χ3v) is 6.67. The average Bonchev–Trinajstić information content (AvgIpc) is 3.26. The smallest absolute Gasteiger partial charge is 0.224 e. The number of amides is 1. The van der Waals surface area contributed by atoms with Crippen LogP contribution >= 0.6 is 0 Å². The molecule has 1 saturated heterocycles. The molecule has 5 nitrogen and oxygen atoms in total. The molecule has 0 aliphatic carbocycles. The number of hydrogen-bond acceptors (Lipinski definition) is 4. The van der Waals surface area contributed by atoms with E-state index in [0.717, 1.165) is 45.9 Å². The standard InChI is InChI=1S/C27H27NO4/c1-30-22-9-7-21(8-10-22)27(12-14-31-15-13-27)18-28-25(29)16-20-17-32-24-11-6-19-4-2-3-5-23(19)26(20)24/h2-11,17H,12-16,18H2,1H3,(H,28,29). The van der Waals surface area contributed by atoms with Crippen molar-refractivity contribution < 1.29 is 18.7 Å². The van der Waals surface area contributed by atoms with Crippen LogP contribution in [0.4, 0.5) is 0 Å². The first kappa shape index (κ1) is 20.6. The van der Waals surface area contributed by atoms with Crippen molar-refractivity contribution in [2.24, 2.45) is 0 Å². The van der Waals surface area contributed by atoms with E-state index in [1.54, 1.807) is 13.4 Å². The molecule has 1 fully saturated rings. The predicted octanol–water partition coefficient (Wildman–Crippen LogP) is 5.00. The number of furan rings is 1. The van der Waals surface area contributed by atoms with Crippen LogP contribution in [-0.4, -0.2) is 32.8 Å². The van der Waals surface area contributed by atoms with Crippen LogP contribution in [0.5, 0.6) is 5.75 Å². The van der Waals surface area contributed by atoms with Gasteiger partial charge in [0.2, 0.25) is 5.91 Å². The molecule has 3 aromatic carbocycles. The van der Waals surface area contributed by atoms with Crippen molar-refractivity contribution in [3.63, 3.8) is 0 Å². The lowest BCUT2D eigenvalue weighted by Crippen LogP contribution is -2.45. The first-order valence-electron chi connectivity index (χ1n) is 11.1. The summed E-state index contributed by atoms with van der Waals surface area (Å²) in [5.41, 5.74) is 2.80. The van der Waals surface area contributed by atoms with Crippen LogP contribution in [0.15, 0.2) is 71.3 Å². The molecule has 4 aromatic rings. The maximum absolute atomic E-state index is 13.0. The molecule has 164 valence electrons. The predicted molar refractivity (Wildman–Crippen MR) is 125 cm³/mol. The normalized spacial score (nSPS) is 15.7. The summed E-state index contributed by atoms with van der Waals surface area (Å²) < 4.78 is 16.7. The molecule has 0 unspecified atom stereocenters. The summed E-state index contributed by atoms with van der Waals surface area (Å²) in [6, 6.07) is 20.4. The fourth-order valence-corrected chi connectivity index (χ4v) is 4.78. The summed E-state index contributed by atoms with van der Waals surface area (Å²) in [5, 5.41) is 6.48. The molecule has 1 N–H and O–H groups in total. The van der Waals surface area contributed by atoms with Gasteiger partial charge in [-0.25, -0.2) is 0 Å². The van der Waals surface area contributed by atoms with Crippen LogP contribution < -0.4 is 10.1 Å². The quantitative estimate of drug-likeness (QED) is 0.468. The van der Waals surface area contributed by atoms with Gasteiger partial charge in [0.1, 0.15) is 11.3 Å². The van der Waals surface area contributed by atoms with E-state index >= 15 is 0 Å². The second-order valence-electron chi connectivity index (χ2n) is 8.50. The molecule has 1 amide bonds. The van der Waals surface area contributed by atoms with E-state index in [1.807, 2.05) is 30.3 Å². The number of hydrogen-bond donors (Lipinski definition) is 1. The van der Waals surface area contributed by atoms with Crippen LogP contribution in [0.25, 0.3) is 21.7 Å². The van der Waals surface area contributed by atoms with Gasteiger partial charge >= 0.3 is 0 Å². The second kappa shape index (κ2) is 8.67. The van der Waals surface area contributed by atoms with Crippen LogP contribution in [0.2, 0.25) is 0 Å². The monoisotopic (exact) mass is 429 g/mol. The Morgan fingerprint density at radius 1 is 1.03 bits per heavy atom. The maximum atomic E-state index is 13.0. The van der Waals surface area contributed by atoms with Crippen molar-refractivity contribution >= 4 is 27.6 Å². The lowest BCUT2D eigenvalue weighted by molar-refractivity contribution is -0.120. The van der Waals surface area contributed by atoms with E-state index in [-0.39, 0.29) is 17.7 Å². The number of benzene rings is 3. The van der Waals surface area contributed by atoms with Crippen LogP contribution in [0, 0.1) is 0 Å². The minimum atomic E-state index is -0.134. The molecular formula is C27H27NO4. The van der Waals surface area contributed by atoms with Crippen molar-refractivity contribution in [1.29, 1.82) is 0 Å². The highest BCUT2D eigenvalue weighted by Gasteiger charge is 2.35. The number of methoxy groups -OCH3 is 1. The highest BCUT2D eigenvalue weighted by molar-refractivity contribution is 6.08. The zero-order valence-electron chi connectivity index (χ0n) is 18.2.